The number of amides is 1. The van der Waals surface area contributed by atoms with E-state index in [1.807, 2.05) is 6.92 Å². The molecule has 0 aromatic rings. The lowest BCUT2D eigenvalue weighted by Crippen LogP contribution is -2.41. The van der Waals surface area contributed by atoms with Crippen molar-refractivity contribution in [2.45, 2.75) is 45.1 Å². The summed E-state index contributed by atoms with van der Waals surface area (Å²) >= 11 is 0. The molecule has 98 valence electrons. The fraction of sp³-hybridized carbons (Fsp3) is 0.833. The number of carbonyl (C=O) groups is 2. The summed E-state index contributed by atoms with van der Waals surface area (Å²) < 4.78 is 5.01. The van der Waals surface area contributed by atoms with Crippen LogP contribution in [0.25, 0.3) is 0 Å². The molecular formula is C12H21NO4. The molecule has 0 saturated heterocycles. The molecule has 0 aliphatic heterocycles. The van der Waals surface area contributed by atoms with Crippen molar-refractivity contribution < 1.29 is 19.4 Å². The lowest BCUT2D eigenvalue weighted by Gasteiger charge is -2.23. The number of ether oxygens (including phenoxy) is 1. The highest BCUT2D eigenvalue weighted by molar-refractivity contribution is 5.82. The Kier molecular flexibility index (Phi) is 4.93. The molecule has 1 unspecified atom stereocenters. The predicted octanol–water partition coefficient (Wildman–Crippen LogP) is 1.17. The summed E-state index contributed by atoms with van der Waals surface area (Å²) in [4.78, 5) is 22.5. The SMILES string of the molecule is COC(CNC(=O)C1(C)CCCC1)CC(=O)O. The maximum Gasteiger partial charge on any atom is 0.306 e. The molecule has 2 N–H and O–H groups in total. The fourth-order valence-corrected chi connectivity index (χ4v) is 2.24. The van der Waals surface area contributed by atoms with Crippen LogP contribution in [-0.4, -0.2) is 36.7 Å². The molecule has 0 heterocycles. The quantitative estimate of drug-likeness (QED) is 0.734. The first-order valence-corrected chi connectivity index (χ1v) is 6.01. The van der Waals surface area contributed by atoms with Gasteiger partial charge < -0.3 is 15.2 Å². The van der Waals surface area contributed by atoms with E-state index in [4.69, 9.17) is 9.84 Å². The number of hydrogen-bond acceptors (Lipinski definition) is 3. The Morgan fingerprint density at radius 1 is 1.41 bits per heavy atom. The molecule has 5 heteroatoms. The highest BCUT2D eigenvalue weighted by atomic mass is 16.5. The van der Waals surface area contributed by atoms with Crippen LogP contribution in [-0.2, 0) is 14.3 Å². The minimum atomic E-state index is -0.918. The molecule has 0 spiro atoms. The standard InChI is InChI=1S/C12H21NO4/c1-12(5-3-4-6-12)11(16)13-8-9(17-2)7-10(14)15/h9H,3-8H2,1-2H3,(H,13,16)(H,14,15). The van der Waals surface area contributed by atoms with Crippen molar-refractivity contribution in [3.8, 4) is 0 Å². The second kappa shape index (κ2) is 6.00. The van der Waals surface area contributed by atoms with Crippen LogP contribution in [0, 0.1) is 5.41 Å². The van der Waals surface area contributed by atoms with E-state index in [9.17, 15) is 9.59 Å². The van der Waals surface area contributed by atoms with Crippen molar-refractivity contribution >= 4 is 11.9 Å². The van der Waals surface area contributed by atoms with Gasteiger partial charge in [0.1, 0.15) is 0 Å². The van der Waals surface area contributed by atoms with E-state index in [1.54, 1.807) is 0 Å². The van der Waals surface area contributed by atoms with Crippen LogP contribution in [0.3, 0.4) is 0 Å². The molecule has 0 aromatic carbocycles. The van der Waals surface area contributed by atoms with E-state index in [0.717, 1.165) is 25.7 Å². The van der Waals surface area contributed by atoms with E-state index in [2.05, 4.69) is 5.32 Å². The van der Waals surface area contributed by atoms with Crippen LogP contribution in [0.2, 0.25) is 0 Å². The summed E-state index contributed by atoms with van der Waals surface area (Å²) in [6.07, 6.45) is 3.46. The third-order valence-electron chi connectivity index (χ3n) is 3.48. The Morgan fingerprint density at radius 2 is 2.00 bits per heavy atom. The average molecular weight is 243 g/mol. The number of methoxy groups -OCH3 is 1. The number of nitrogens with one attached hydrogen (secondary N) is 1. The lowest BCUT2D eigenvalue weighted by atomic mass is 9.88. The monoisotopic (exact) mass is 243 g/mol. The highest BCUT2D eigenvalue weighted by Crippen LogP contribution is 2.37. The topological polar surface area (TPSA) is 75.6 Å². The van der Waals surface area contributed by atoms with Gasteiger partial charge in [0.15, 0.2) is 0 Å². The zero-order valence-electron chi connectivity index (χ0n) is 10.5. The van der Waals surface area contributed by atoms with Gasteiger partial charge in [-0.3, -0.25) is 9.59 Å². The highest BCUT2D eigenvalue weighted by Gasteiger charge is 2.36. The van der Waals surface area contributed by atoms with Crippen LogP contribution in [0.5, 0.6) is 0 Å². The Hall–Kier alpha value is -1.10. The number of rotatable bonds is 6. The smallest absolute Gasteiger partial charge is 0.306 e. The van der Waals surface area contributed by atoms with Gasteiger partial charge in [-0.2, -0.15) is 0 Å². The first-order chi connectivity index (χ1) is 7.98. The van der Waals surface area contributed by atoms with Gasteiger partial charge in [-0.05, 0) is 12.8 Å². The number of carboxylic acids is 1. The summed E-state index contributed by atoms with van der Waals surface area (Å²) in [6, 6.07) is 0. The van der Waals surface area contributed by atoms with E-state index < -0.39 is 12.1 Å². The van der Waals surface area contributed by atoms with Crippen LogP contribution in [0.15, 0.2) is 0 Å². The van der Waals surface area contributed by atoms with Gasteiger partial charge in [-0.15, -0.1) is 0 Å². The molecule has 0 aromatic heterocycles. The van der Waals surface area contributed by atoms with Gasteiger partial charge in [0.2, 0.25) is 5.91 Å². The summed E-state index contributed by atoms with van der Waals surface area (Å²) in [5.41, 5.74) is -0.276. The Bertz CT molecular complexity index is 284. The second-order valence-corrected chi connectivity index (χ2v) is 4.93. The van der Waals surface area contributed by atoms with Crippen LogP contribution in [0.1, 0.15) is 39.0 Å². The molecule has 0 radical (unpaired) electrons. The first-order valence-electron chi connectivity index (χ1n) is 6.01. The van der Waals surface area contributed by atoms with Gasteiger partial charge in [0.25, 0.3) is 0 Å². The maximum atomic E-state index is 12.0. The van der Waals surface area contributed by atoms with Crippen LogP contribution in [0.4, 0.5) is 0 Å². The van der Waals surface area contributed by atoms with Gasteiger partial charge in [-0.25, -0.2) is 0 Å². The van der Waals surface area contributed by atoms with Gasteiger partial charge in [0.05, 0.1) is 12.5 Å². The minimum Gasteiger partial charge on any atom is -0.481 e. The summed E-state index contributed by atoms with van der Waals surface area (Å²) in [6.45, 7) is 2.23. The Balaban J connectivity index is 2.38. The summed E-state index contributed by atoms with van der Waals surface area (Å²) in [5, 5.41) is 11.4. The molecule has 1 rings (SSSR count). The molecule has 17 heavy (non-hydrogen) atoms. The zero-order chi connectivity index (χ0) is 12.9. The minimum absolute atomic E-state index is 0.0161. The predicted molar refractivity (Wildman–Crippen MR) is 62.6 cm³/mol. The maximum absolute atomic E-state index is 12.0. The molecule has 1 fully saturated rings. The third kappa shape index (κ3) is 4.00. The molecule has 5 nitrogen and oxygen atoms in total. The van der Waals surface area contributed by atoms with Crippen molar-refractivity contribution in [1.29, 1.82) is 0 Å². The normalized spacial score (nSPS) is 19.9. The van der Waals surface area contributed by atoms with E-state index >= 15 is 0 Å². The van der Waals surface area contributed by atoms with E-state index in [-0.39, 0.29) is 24.3 Å². The number of hydrogen-bond donors (Lipinski definition) is 2. The Labute approximate surface area is 102 Å². The molecular weight excluding hydrogens is 222 g/mol. The lowest BCUT2D eigenvalue weighted by molar-refractivity contribution is -0.140. The van der Waals surface area contributed by atoms with E-state index in [0.29, 0.717) is 0 Å². The number of aliphatic carboxylic acids is 1. The third-order valence-corrected chi connectivity index (χ3v) is 3.48. The van der Waals surface area contributed by atoms with Crippen molar-refractivity contribution in [3.63, 3.8) is 0 Å². The van der Waals surface area contributed by atoms with Crippen molar-refractivity contribution in [1.82, 2.24) is 5.32 Å². The summed E-state index contributed by atoms with van der Waals surface area (Å²) in [5.74, 6) is -0.902. The largest absolute Gasteiger partial charge is 0.481 e. The second-order valence-electron chi connectivity index (χ2n) is 4.93. The average Bonchev–Trinajstić information content (AvgIpc) is 2.71. The number of carbonyl (C=O) groups excluding carboxylic acids is 1. The molecule has 1 aliphatic rings. The number of carboxylic acid groups (broad SMARTS) is 1. The van der Waals surface area contributed by atoms with Crippen molar-refractivity contribution in [2.75, 3.05) is 13.7 Å². The molecule has 1 atom stereocenters. The van der Waals surface area contributed by atoms with Crippen LogP contribution >= 0.6 is 0 Å². The molecule has 1 saturated carbocycles. The molecule has 1 aliphatic carbocycles. The molecule has 1 amide bonds. The zero-order valence-corrected chi connectivity index (χ0v) is 10.5. The first kappa shape index (κ1) is 14.0. The molecule has 0 bridgehead atoms. The van der Waals surface area contributed by atoms with Gasteiger partial charge >= 0.3 is 5.97 Å². The fourth-order valence-electron chi connectivity index (χ4n) is 2.24. The van der Waals surface area contributed by atoms with Gasteiger partial charge in [0, 0.05) is 19.1 Å². The van der Waals surface area contributed by atoms with E-state index in [1.165, 1.54) is 7.11 Å². The van der Waals surface area contributed by atoms with Crippen LogP contribution < -0.4 is 5.32 Å². The van der Waals surface area contributed by atoms with Crippen molar-refractivity contribution in [3.05, 3.63) is 0 Å². The Morgan fingerprint density at radius 3 is 2.47 bits per heavy atom. The summed E-state index contributed by atoms with van der Waals surface area (Å²) in [7, 11) is 1.46. The van der Waals surface area contributed by atoms with Gasteiger partial charge in [-0.1, -0.05) is 19.8 Å². The van der Waals surface area contributed by atoms with Crippen molar-refractivity contribution in [2.24, 2.45) is 5.41 Å².